The van der Waals surface area contributed by atoms with Crippen molar-refractivity contribution in [1.82, 2.24) is 19.8 Å². The number of piperazine rings is 1. The Kier molecular flexibility index (Phi) is 5.79. The van der Waals surface area contributed by atoms with E-state index in [1.54, 1.807) is 23.1 Å². The highest BCUT2D eigenvalue weighted by atomic mass is 16.2. The molecule has 1 aliphatic heterocycles. The van der Waals surface area contributed by atoms with Gasteiger partial charge in [-0.15, -0.1) is 0 Å². The summed E-state index contributed by atoms with van der Waals surface area (Å²) in [5.41, 5.74) is 0.180. The minimum Gasteiger partial charge on any atom is -0.347 e. The third-order valence-electron chi connectivity index (χ3n) is 4.79. The zero-order chi connectivity index (χ0) is 20.3. The van der Waals surface area contributed by atoms with E-state index in [4.69, 9.17) is 0 Å². The third-order valence-corrected chi connectivity index (χ3v) is 4.79. The van der Waals surface area contributed by atoms with E-state index >= 15 is 0 Å². The maximum absolute atomic E-state index is 12.6. The molecule has 0 saturated carbocycles. The van der Waals surface area contributed by atoms with Crippen LogP contribution in [0.3, 0.4) is 0 Å². The van der Waals surface area contributed by atoms with E-state index < -0.39 is 0 Å². The number of hydrogen-bond donors (Lipinski definition) is 2. The number of nitrogens with zero attached hydrogens (tertiary/aromatic N) is 3. The molecule has 0 radical (unpaired) electrons. The summed E-state index contributed by atoms with van der Waals surface area (Å²) >= 11 is 0. The maximum Gasteiger partial charge on any atom is 0.275 e. The first kappa shape index (κ1) is 20.0. The Morgan fingerprint density at radius 3 is 2.54 bits per heavy atom. The zero-order valence-corrected chi connectivity index (χ0v) is 16.7. The molecule has 2 heterocycles. The van der Waals surface area contributed by atoms with E-state index in [0.29, 0.717) is 43.6 Å². The van der Waals surface area contributed by atoms with Gasteiger partial charge < -0.3 is 15.1 Å². The molecule has 0 atom stereocenters. The second kappa shape index (κ2) is 8.10. The van der Waals surface area contributed by atoms with Gasteiger partial charge in [0, 0.05) is 5.54 Å². The Balaban J connectivity index is 1.55. The molecule has 1 fully saturated rings. The Bertz CT molecular complexity index is 923. The molecule has 0 unspecified atom stereocenters. The van der Waals surface area contributed by atoms with Gasteiger partial charge in [0.2, 0.25) is 5.91 Å². The van der Waals surface area contributed by atoms with Crippen LogP contribution >= 0.6 is 0 Å². The largest absolute Gasteiger partial charge is 0.347 e. The van der Waals surface area contributed by atoms with Gasteiger partial charge in [0.1, 0.15) is 6.54 Å². The van der Waals surface area contributed by atoms with E-state index in [2.05, 4.69) is 10.3 Å². The van der Waals surface area contributed by atoms with Crippen molar-refractivity contribution in [3.63, 3.8) is 0 Å². The molecule has 0 aliphatic carbocycles. The minimum absolute atomic E-state index is 0.0174. The van der Waals surface area contributed by atoms with Gasteiger partial charge in [-0.1, -0.05) is 12.1 Å². The van der Waals surface area contributed by atoms with Gasteiger partial charge in [-0.3, -0.25) is 19.0 Å². The molecule has 2 amide bonds. The molecule has 150 valence electrons. The number of rotatable bonds is 4. The van der Waals surface area contributed by atoms with Crippen LogP contribution in [0, 0.1) is 0 Å². The summed E-state index contributed by atoms with van der Waals surface area (Å²) in [6, 6.07) is 7.11. The molecule has 0 bridgehead atoms. The summed E-state index contributed by atoms with van der Waals surface area (Å²) in [6.45, 7) is 8.85. The number of para-hydroxylation sites is 1. The number of carbonyl (C=O) groups excluding carboxylic acids is 2. The van der Waals surface area contributed by atoms with E-state index in [9.17, 15) is 14.4 Å². The summed E-state index contributed by atoms with van der Waals surface area (Å²) in [5.74, 6) is -0.0755. The molecular weight excluding hydrogens is 358 g/mol. The third kappa shape index (κ3) is 4.95. The molecule has 1 aromatic carbocycles. The van der Waals surface area contributed by atoms with Crippen molar-refractivity contribution in [2.24, 2.45) is 0 Å². The van der Waals surface area contributed by atoms with Crippen molar-refractivity contribution in [2.45, 2.75) is 32.9 Å². The Morgan fingerprint density at radius 2 is 1.86 bits per heavy atom. The van der Waals surface area contributed by atoms with Crippen molar-refractivity contribution < 1.29 is 14.5 Å². The van der Waals surface area contributed by atoms with E-state index in [0.717, 1.165) is 4.90 Å². The summed E-state index contributed by atoms with van der Waals surface area (Å²) in [5, 5.41) is 3.48. The second-order valence-electron chi connectivity index (χ2n) is 8.30. The average Bonchev–Trinajstić information content (AvgIpc) is 2.63. The second-order valence-corrected chi connectivity index (χ2v) is 8.30. The van der Waals surface area contributed by atoms with Gasteiger partial charge in [-0.25, -0.2) is 4.98 Å². The van der Waals surface area contributed by atoms with Crippen LogP contribution in [0.4, 0.5) is 0 Å². The number of aromatic nitrogens is 2. The first-order valence-electron chi connectivity index (χ1n) is 9.59. The van der Waals surface area contributed by atoms with Gasteiger partial charge in [-0.2, -0.15) is 0 Å². The van der Waals surface area contributed by atoms with Crippen molar-refractivity contribution in [1.29, 1.82) is 0 Å². The quantitative estimate of drug-likeness (QED) is 0.708. The lowest BCUT2D eigenvalue weighted by Gasteiger charge is -2.32. The highest BCUT2D eigenvalue weighted by Gasteiger charge is 2.26. The average molecular weight is 386 g/mol. The Hall–Kier alpha value is -2.74. The van der Waals surface area contributed by atoms with Crippen LogP contribution < -0.4 is 15.8 Å². The van der Waals surface area contributed by atoms with Gasteiger partial charge in [0.25, 0.3) is 11.5 Å². The number of quaternary nitrogens is 1. The van der Waals surface area contributed by atoms with Gasteiger partial charge in [0.15, 0.2) is 6.54 Å². The minimum atomic E-state index is -0.241. The van der Waals surface area contributed by atoms with Crippen LogP contribution in [0.15, 0.2) is 35.4 Å². The van der Waals surface area contributed by atoms with Crippen LogP contribution in [0.5, 0.6) is 0 Å². The summed E-state index contributed by atoms with van der Waals surface area (Å²) in [7, 11) is 0. The molecule has 1 aliphatic rings. The maximum atomic E-state index is 12.6. The van der Waals surface area contributed by atoms with Crippen molar-refractivity contribution >= 4 is 22.7 Å². The number of carbonyl (C=O) groups is 2. The Morgan fingerprint density at radius 1 is 1.18 bits per heavy atom. The summed E-state index contributed by atoms with van der Waals surface area (Å²) in [6.07, 6.45) is 1.43. The predicted molar refractivity (Wildman–Crippen MR) is 106 cm³/mol. The van der Waals surface area contributed by atoms with Crippen LogP contribution in [0.25, 0.3) is 10.9 Å². The van der Waals surface area contributed by atoms with E-state index in [1.165, 1.54) is 10.9 Å². The molecule has 1 saturated heterocycles. The molecule has 2 aromatic rings. The van der Waals surface area contributed by atoms with Gasteiger partial charge >= 0.3 is 0 Å². The summed E-state index contributed by atoms with van der Waals surface area (Å²) in [4.78, 5) is 44.4. The highest BCUT2D eigenvalue weighted by Crippen LogP contribution is 2.05. The topological polar surface area (TPSA) is 88.7 Å². The fourth-order valence-electron chi connectivity index (χ4n) is 3.40. The highest BCUT2D eigenvalue weighted by molar-refractivity contribution is 5.79. The van der Waals surface area contributed by atoms with Crippen LogP contribution in [-0.2, 0) is 16.1 Å². The fraction of sp³-hybridized carbons (Fsp3) is 0.500. The van der Waals surface area contributed by atoms with Crippen LogP contribution in [-0.4, -0.2) is 64.5 Å². The molecule has 3 rings (SSSR count). The molecule has 8 heteroatoms. The SMILES string of the molecule is CC(C)(C)NC(=O)C[NH+]1CCN(C(=O)Cn2cnc3ccccc3c2=O)CC1. The smallest absolute Gasteiger partial charge is 0.275 e. The predicted octanol–water partition coefficient (Wildman–Crippen LogP) is -0.962. The number of nitrogens with one attached hydrogen (secondary N) is 2. The molecule has 2 N–H and O–H groups in total. The molecule has 1 aromatic heterocycles. The van der Waals surface area contributed by atoms with Crippen LogP contribution in [0.2, 0.25) is 0 Å². The number of benzene rings is 1. The van der Waals surface area contributed by atoms with Gasteiger partial charge in [0.05, 0.1) is 43.4 Å². The lowest BCUT2D eigenvalue weighted by atomic mass is 10.1. The van der Waals surface area contributed by atoms with Crippen LogP contribution in [0.1, 0.15) is 20.8 Å². The Labute approximate surface area is 164 Å². The fourth-order valence-corrected chi connectivity index (χ4v) is 3.40. The number of hydrogen-bond acceptors (Lipinski definition) is 4. The standard InChI is InChI=1S/C20H27N5O3/c1-20(2,3)22-17(26)12-23-8-10-24(11-9-23)18(27)13-25-14-21-16-7-5-4-6-15(16)19(25)28/h4-7,14H,8-13H2,1-3H3,(H,22,26)/p+1. The number of fused-ring (bicyclic) bond motifs is 1. The van der Waals surface area contributed by atoms with Crippen molar-refractivity contribution in [3.8, 4) is 0 Å². The zero-order valence-electron chi connectivity index (χ0n) is 16.7. The monoisotopic (exact) mass is 386 g/mol. The molecular formula is C20H28N5O3+. The van der Waals surface area contributed by atoms with E-state index in [-0.39, 0.29) is 29.5 Å². The normalized spacial score (nSPS) is 15.6. The lowest BCUT2D eigenvalue weighted by Crippen LogP contribution is -3.16. The first-order chi connectivity index (χ1) is 13.2. The number of amides is 2. The van der Waals surface area contributed by atoms with Gasteiger partial charge in [-0.05, 0) is 32.9 Å². The molecule has 0 spiro atoms. The summed E-state index contributed by atoms with van der Waals surface area (Å²) < 4.78 is 1.36. The lowest BCUT2D eigenvalue weighted by molar-refractivity contribution is -0.896. The van der Waals surface area contributed by atoms with E-state index in [1.807, 2.05) is 26.8 Å². The van der Waals surface area contributed by atoms with Crippen molar-refractivity contribution in [3.05, 3.63) is 40.9 Å². The van der Waals surface area contributed by atoms with Crippen molar-refractivity contribution in [2.75, 3.05) is 32.7 Å². The molecule has 28 heavy (non-hydrogen) atoms. The molecule has 8 nitrogen and oxygen atoms in total. The first-order valence-corrected chi connectivity index (χ1v) is 9.59.